The Morgan fingerprint density at radius 2 is 1.86 bits per heavy atom. The largest absolute Gasteiger partial charge is 0.491 e. The van der Waals surface area contributed by atoms with E-state index in [1.807, 2.05) is 44.4 Å². The van der Waals surface area contributed by atoms with Gasteiger partial charge in [-0.15, -0.1) is 0 Å². The van der Waals surface area contributed by atoms with Crippen LogP contribution < -0.4 is 10.2 Å². The van der Waals surface area contributed by atoms with Gasteiger partial charge in [-0.05, 0) is 55.0 Å². The molecule has 0 spiro atoms. The van der Waals surface area contributed by atoms with E-state index in [1.165, 1.54) is 5.56 Å². The molecule has 0 atom stereocenters. The number of ether oxygens (including phenoxy) is 1. The van der Waals surface area contributed by atoms with E-state index in [-0.39, 0.29) is 0 Å². The van der Waals surface area contributed by atoms with Gasteiger partial charge in [-0.25, -0.2) is 0 Å². The first-order valence-corrected chi connectivity index (χ1v) is 6.96. The van der Waals surface area contributed by atoms with Crippen molar-refractivity contribution in [1.82, 2.24) is 4.90 Å². The van der Waals surface area contributed by atoms with Crippen LogP contribution in [0.25, 0.3) is 0 Å². The van der Waals surface area contributed by atoms with E-state index in [0.29, 0.717) is 6.61 Å². The van der Waals surface area contributed by atoms with Gasteiger partial charge in [0.05, 0.1) is 6.61 Å². The molecule has 0 aliphatic carbocycles. The first-order chi connectivity index (χ1) is 10.1. The van der Waals surface area contributed by atoms with Gasteiger partial charge in [-0.2, -0.15) is 0 Å². The second kappa shape index (κ2) is 5.89. The van der Waals surface area contributed by atoms with Gasteiger partial charge in [0.1, 0.15) is 11.5 Å². The second-order valence-electron chi connectivity index (χ2n) is 5.51. The zero-order valence-electron chi connectivity index (χ0n) is 12.2. The van der Waals surface area contributed by atoms with Crippen LogP contribution in [0.1, 0.15) is 11.1 Å². The van der Waals surface area contributed by atoms with E-state index < -0.39 is 7.12 Å². The zero-order chi connectivity index (χ0) is 14.8. The van der Waals surface area contributed by atoms with Crippen molar-refractivity contribution in [1.29, 1.82) is 0 Å². The van der Waals surface area contributed by atoms with Crippen molar-refractivity contribution in [3.05, 3.63) is 53.6 Å². The highest BCUT2D eigenvalue weighted by Gasteiger charge is 2.27. The molecule has 0 bridgehead atoms. The number of hydrogen-bond acceptors (Lipinski definition) is 4. The highest BCUT2D eigenvalue weighted by molar-refractivity contribution is 6.61. The monoisotopic (exact) mass is 283 g/mol. The Hall–Kier alpha value is -1.82. The first-order valence-electron chi connectivity index (χ1n) is 6.96. The van der Waals surface area contributed by atoms with E-state index in [1.54, 1.807) is 0 Å². The molecule has 3 rings (SSSR count). The molecule has 0 aromatic heterocycles. The molecule has 5 heteroatoms. The average molecular weight is 283 g/mol. The minimum atomic E-state index is -0.806. The highest BCUT2D eigenvalue weighted by Crippen LogP contribution is 2.24. The third-order valence-electron chi connectivity index (χ3n) is 3.44. The molecule has 4 nitrogen and oxygen atoms in total. The minimum absolute atomic E-state index is 0.426. The van der Waals surface area contributed by atoms with Crippen LogP contribution in [0.5, 0.6) is 11.5 Å². The maximum atomic E-state index is 9.60. The van der Waals surface area contributed by atoms with Gasteiger partial charge in [0.2, 0.25) is 0 Å². The van der Waals surface area contributed by atoms with Crippen LogP contribution in [-0.2, 0) is 17.8 Å². The van der Waals surface area contributed by atoms with Crippen molar-refractivity contribution in [2.45, 2.75) is 13.2 Å². The van der Waals surface area contributed by atoms with E-state index in [4.69, 9.17) is 9.39 Å². The first kappa shape index (κ1) is 14.1. The van der Waals surface area contributed by atoms with E-state index in [9.17, 15) is 5.02 Å². The average Bonchev–Trinajstić information content (AvgIpc) is 2.82. The van der Waals surface area contributed by atoms with Crippen LogP contribution in [-0.4, -0.2) is 31.1 Å². The van der Waals surface area contributed by atoms with Gasteiger partial charge in [0, 0.05) is 6.54 Å². The van der Waals surface area contributed by atoms with Crippen molar-refractivity contribution < 1.29 is 14.4 Å². The Balaban J connectivity index is 1.72. The zero-order valence-corrected chi connectivity index (χ0v) is 12.2. The Morgan fingerprint density at radius 3 is 2.57 bits per heavy atom. The lowest BCUT2D eigenvalue weighted by molar-refractivity contribution is 0.275. The molecule has 2 aromatic rings. The van der Waals surface area contributed by atoms with Gasteiger partial charge in [0.15, 0.2) is 0 Å². The third-order valence-corrected chi connectivity index (χ3v) is 3.44. The maximum Gasteiger partial charge on any atom is 0.491 e. The van der Waals surface area contributed by atoms with Crippen LogP contribution in [0.2, 0.25) is 0 Å². The summed E-state index contributed by atoms with van der Waals surface area (Å²) in [6.07, 6.45) is 0. The van der Waals surface area contributed by atoms with E-state index in [2.05, 4.69) is 17.0 Å². The molecule has 21 heavy (non-hydrogen) atoms. The lowest BCUT2D eigenvalue weighted by Gasteiger charge is -2.11. The number of nitrogens with zero attached hydrogens (tertiary/aromatic N) is 1. The predicted octanol–water partition coefficient (Wildman–Crippen LogP) is 1.76. The number of fused-ring (bicyclic) bond motifs is 1. The second-order valence-corrected chi connectivity index (χ2v) is 5.51. The minimum Gasteiger partial charge on any atom is -0.457 e. The summed E-state index contributed by atoms with van der Waals surface area (Å²) < 4.78 is 11.0. The van der Waals surface area contributed by atoms with Crippen molar-refractivity contribution in [3.8, 4) is 11.5 Å². The van der Waals surface area contributed by atoms with Crippen LogP contribution in [0.4, 0.5) is 0 Å². The molecular weight excluding hydrogens is 265 g/mol. The van der Waals surface area contributed by atoms with Crippen LogP contribution in [0, 0.1) is 0 Å². The normalized spacial score (nSPS) is 13.6. The Kier molecular flexibility index (Phi) is 3.97. The fourth-order valence-corrected chi connectivity index (χ4v) is 2.43. The molecule has 1 aliphatic rings. The fraction of sp³-hybridized carbons (Fsp3) is 0.250. The molecule has 0 unspecified atom stereocenters. The molecule has 0 radical (unpaired) electrons. The van der Waals surface area contributed by atoms with Crippen molar-refractivity contribution >= 4 is 12.6 Å². The van der Waals surface area contributed by atoms with Crippen LogP contribution >= 0.6 is 0 Å². The molecule has 1 N–H and O–H groups in total. The SMILES string of the molecule is CN(C)Cc1ccc(Oc2ccc3c(c2)COB3O)cc1. The number of benzene rings is 2. The summed E-state index contributed by atoms with van der Waals surface area (Å²) in [5, 5.41) is 9.60. The van der Waals surface area contributed by atoms with Crippen LogP contribution in [0.3, 0.4) is 0 Å². The van der Waals surface area contributed by atoms with Crippen molar-refractivity contribution in [2.24, 2.45) is 0 Å². The highest BCUT2D eigenvalue weighted by atomic mass is 16.5. The molecule has 0 saturated heterocycles. The van der Waals surface area contributed by atoms with Crippen molar-refractivity contribution in [3.63, 3.8) is 0 Å². The molecule has 1 heterocycles. The van der Waals surface area contributed by atoms with Gasteiger partial charge >= 0.3 is 7.12 Å². The molecule has 1 aliphatic heterocycles. The number of hydrogen-bond donors (Lipinski definition) is 1. The lowest BCUT2D eigenvalue weighted by Crippen LogP contribution is -2.27. The van der Waals surface area contributed by atoms with Gasteiger partial charge in [-0.1, -0.05) is 18.2 Å². The third kappa shape index (κ3) is 3.27. The van der Waals surface area contributed by atoms with Crippen LogP contribution in [0.15, 0.2) is 42.5 Å². The molecule has 0 amide bonds. The summed E-state index contributed by atoms with van der Waals surface area (Å²) in [6, 6.07) is 13.7. The maximum absolute atomic E-state index is 9.60. The topological polar surface area (TPSA) is 41.9 Å². The molecule has 0 saturated carbocycles. The van der Waals surface area contributed by atoms with E-state index in [0.717, 1.165) is 29.1 Å². The Morgan fingerprint density at radius 1 is 1.14 bits per heavy atom. The lowest BCUT2D eigenvalue weighted by atomic mass is 9.80. The van der Waals surface area contributed by atoms with Gasteiger partial charge in [-0.3, -0.25) is 0 Å². The summed E-state index contributed by atoms with van der Waals surface area (Å²) in [4.78, 5) is 2.13. The summed E-state index contributed by atoms with van der Waals surface area (Å²) in [7, 11) is 3.29. The molecule has 0 fully saturated rings. The number of rotatable bonds is 4. The van der Waals surface area contributed by atoms with Gasteiger partial charge < -0.3 is 19.3 Å². The summed E-state index contributed by atoms with van der Waals surface area (Å²) in [5.74, 6) is 1.56. The smallest absolute Gasteiger partial charge is 0.457 e. The quantitative estimate of drug-likeness (QED) is 0.868. The van der Waals surface area contributed by atoms with Gasteiger partial charge in [0.25, 0.3) is 0 Å². The summed E-state index contributed by atoms with van der Waals surface area (Å²) in [5.41, 5.74) is 3.05. The fourth-order valence-electron chi connectivity index (χ4n) is 2.43. The molecule has 108 valence electrons. The predicted molar refractivity (Wildman–Crippen MR) is 82.7 cm³/mol. The molecular formula is C16H18BNO3. The van der Waals surface area contributed by atoms with E-state index >= 15 is 0 Å². The Bertz CT molecular complexity index is 628. The molecule has 2 aromatic carbocycles. The summed E-state index contributed by atoms with van der Waals surface area (Å²) in [6.45, 7) is 1.34. The Labute approximate surface area is 125 Å². The van der Waals surface area contributed by atoms with Crippen molar-refractivity contribution in [2.75, 3.05) is 14.1 Å². The standard InChI is InChI=1S/C16H18BNO3/c1-18(2)10-12-3-5-14(6-4-12)21-15-7-8-16-13(9-15)11-20-17(16)19/h3-9,19H,10-11H2,1-2H3. The summed E-state index contributed by atoms with van der Waals surface area (Å²) >= 11 is 0.